The summed E-state index contributed by atoms with van der Waals surface area (Å²) in [6, 6.07) is 14.4. The molecule has 4 rings (SSSR count). The first-order chi connectivity index (χ1) is 13.2. The first-order valence-electron chi connectivity index (χ1n) is 8.87. The van der Waals surface area contributed by atoms with Gasteiger partial charge in [-0.25, -0.2) is 9.97 Å². The predicted octanol–water partition coefficient (Wildman–Crippen LogP) is 5.87. The van der Waals surface area contributed by atoms with Crippen molar-refractivity contribution in [3.63, 3.8) is 0 Å². The van der Waals surface area contributed by atoms with Crippen molar-refractivity contribution < 1.29 is 0 Å². The minimum absolute atomic E-state index is 0.717. The highest BCUT2D eigenvalue weighted by atomic mass is 79.9. The van der Waals surface area contributed by atoms with Gasteiger partial charge in [-0.05, 0) is 53.4 Å². The summed E-state index contributed by atoms with van der Waals surface area (Å²) in [5.74, 6) is 1.62. The molecule has 3 heterocycles. The highest BCUT2D eigenvalue weighted by Crippen LogP contribution is 2.38. The summed E-state index contributed by atoms with van der Waals surface area (Å²) in [7, 11) is 0. The minimum Gasteiger partial charge on any atom is -0.369 e. The van der Waals surface area contributed by atoms with Crippen molar-refractivity contribution >= 4 is 43.3 Å². The zero-order valence-electron chi connectivity index (χ0n) is 14.9. The Labute approximate surface area is 170 Å². The van der Waals surface area contributed by atoms with Gasteiger partial charge in [0, 0.05) is 29.4 Å². The molecule has 0 bridgehead atoms. The molecule has 6 heteroatoms. The van der Waals surface area contributed by atoms with Crippen LogP contribution in [-0.4, -0.2) is 21.5 Å². The quantitative estimate of drug-likeness (QED) is 0.382. The van der Waals surface area contributed by atoms with E-state index in [1.54, 1.807) is 23.7 Å². The van der Waals surface area contributed by atoms with E-state index in [-0.39, 0.29) is 0 Å². The van der Waals surface area contributed by atoms with Gasteiger partial charge in [0.05, 0.1) is 9.17 Å². The Morgan fingerprint density at radius 2 is 1.81 bits per heavy atom. The van der Waals surface area contributed by atoms with Crippen LogP contribution in [0.3, 0.4) is 0 Å². The molecule has 0 aliphatic rings. The number of aryl methyl sites for hydroxylation is 2. The van der Waals surface area contributed by atoms with Crippen molar-refractivity contribution in [3.05, 3.63) is 69.8 Å². The van der Waals surface area contributed by atoms with Crippen LogP contribution >= 0.6 is 27.3 Å². The number of hydrogen-bond donors (Lipinski definition) is 1. The van der Waals surface area contributed by atoms with Gasteiger partial charge >= 0.3 is 0 Å². The maximum Gasteiger partial charge on any atom is 0.162 e. The molecule has 4 nitrogen and oxygen atoms in total. The topological polar surface area (TPSA) is 50.7 Å². The Morgan fingerprint density at radius 1 is 1.04 bits per heavy atom. The van der Waals surface area contributed by atoms with E-state index in [0.717, 1.165) is 45.5 Å². The van der Waals surface area contributed by atoms with Gasteiger partial charge in [-0.2, -0.15) is 0 Å². The van der Waals surface area contributed by atoms with Crippen LogP contribution in [0.4, 0.5) is 5.82 Å². The fourth-order valence-corrected chi connectivity index (χ4v) is 4.57. The molecule has 0 saturated heterocycles. The maximum atomic E-state index is 4.81. The average molecular weight is 439 g/mol. The van der Waals surface area contributed by atoms with E-state index in [4.69, 9.17) is 9.97 Å². The molecule has 0 atom stereocenters. The zero-order valence-corrected chi connectivity index (χ0v) is 17.3. The zero-order chi connectivity index (χ0) is 18.6. The molecule has 27 heavy (non-hydrogen) atoms. The molecule has 1 aromatic carbocycles. The fraction of sp³-hybridized carbons (Fsp3) is 0.190. The summed E-state index contributed by atoms with van der Waals surface area (Å²) < 4.78 is 2.14. The van der Waals surface area contributed by atoms with Gasteiger partial charge in [-0.3, -0.25) is 4.98 Å². The largest absolute Gasteiger partial charge is 0.369 e. The Morgan fingerprint density at radius 3 is 2.59 bits per heavy atom. The third-order valence-electron chi connectivity index (χ3n) is 4.35. The second-order valence-corrected chi connectivity index (χ2v) is 8.32. The van der Waals surface area contributed by atoms with E-state index < -0.39 is 0 Å². The second-order valence-electron chi connectivity index (χ2n) is 6.30. The number of rotatable bonds is 6. The number of nitrogens with one attached hydrogen (secondary N) is 1. The van der Waals surface area contributed by atoms with Gasteiger partial charge in [-0.1, -0.05) is 30.3 Å². The van der Waals surface area contributed by atoms with Crippen LogP contribution in [0.5, 0.6) is 0 Å². The molecule has 136 valence electrons. The van der Waals surface area contributed by atoms with Crippen LogP contribution in [0.1, 0.15) is 16.9 Å². The van der Waals surface area contributed by atoms with E-state index in [1.165, 1.54) is 10.4 Å². The summed E-state index contributed by atoms with van der Waals surface area (Å²) in [6.07, 6.45) is 5.63. The molecule has 0 radical (unpaired) electrons. The summed E-state index contributed by atoms with van der Waals surface area (Å²) in [5.41, 5.74) is 3.29. The summed E-state index contributed by atoms with van der Waals surface area (Å²) in [6.45, 7) is 2.97. The predicted molar refractivity (Wildman–Crippen MR) is 116 cm³/mol. The van der Waals surface area contributed by atoms with E-state index >= 15 is 0 Å². The van der Waals surface area contributed by atoms with Crippen LogP contribution < -0.4 is 5.32 Å². The van der Waals surface area contributed by atoms with Crippen LogP contribution in [0.2, 0.25) is 0 Å². The van der Waals surface area contributed by atoms with E-state index in [1.807, 2.05) is 12.1 Å². The van der Waals surface area contributed by atoms with Crippen molar-refractivity contribution in [2.45, 2.75) is 19.8 Å². The number of hydrogen-bond acceptors (Lipinski definition) is 5. The number of pyridine rings is 1. The van der Waals surface area contributed by atoms with E-state index in [0.29, 0.717) is 5.82 Å². The maximum absolute atomic E-state index is 4.81. The second kappa shape index (κ2) is 8.15. The Balaban J connectivity index is 1.59. The number of anilines is 1. The van der Waals surface area contributed by atoms with Crippen molar-refractivity contribution in [2.24, 2.45) is 0 Å². The van der Waals surface area contributed by atoms with Gasteiger partial charge in [0.15, 0.2) is 5.82 Å². The fourth-order valence-electron chi connectivity index (χ4n) is 2.95. The van der Waals surface area contributed by atoms with Gasteiger partial charge in [0.2, 0.25) is 0 Å². The minimum atomic E-state index is 0.717. The molecule has 3 aromatic heterocycles. The van der Waals surface area contributed by atoms with E-state index in [9.17, 15) is 0 Å². The van der Waals surface area contributed by atoms with Crippen LogP contribution in [0.25, 0.3) is 21.6 Å². The summed E-state index contributed by atoms with van der Waals surface area (Å²) in [4.78, 5) is 14.9. The summed E-state index contributed by atoms with van der Waals surface area (Å²) in [5, 5.41) is 3.53. The number of benzene rings is 1. The lowest BCUT2D eigenvalue weighted by Crippen LogP contribution is -2.06. The van der Waals surface area contributed by atoms with Crippen molar-refractivity contribution in [1.82, 2.24) is 15.0 Å². The Hall–Kier alpha value is -2.31. The highest BCUT2D eigenvalue weighted by Gasteiger charge is 2.16. The van der Waals surface area contributed by atoms with E-state index in [2.05, 4.69) is 63.5 Å². The Bertz CT molecular complexity index is 1050. The van der Waals surface area contributed by atoms with Crippen LogP contribution in [0, 0.1) is 6.92 Å². The van der Waals surface area contributed by atoms with Crippen molar-refractivity contribution in [1.29, 1.82) is 0 Å². The Kier molecular flexibility index (Phi) is 5.45. The smallest absolute Gasteiger partial charge is 0.162 e. The molecular weight excluding hydrogens is 420 g/mol. The van der Waals surface area contributed by atoms with Crippen molar-refractivity contribution in [2.75, 3.05) is 11.9 Å². The third-order valence-corrected chi connectivity index (χ3v) is 6.69. The molecule has 0 unspecified atom stereocenters. The standard InChI is InChI=1S/C21H19BrN4S/c1-14-17(22)18-19(27-14)21(24-11-5-8-15-6-3-2-4-7-15)26-20(25-18)16-9-12-23-13-10-16/h2-4,6-7,9-10,12-13H,5,8,11H2,1H3,(H,24,25,26). The van der Waals surface area contributed by atoms with Gasteiger partial charge in [0.25, 0.3) is 0 Å². The SMILES string of the molecule is Cc1sc2c(NCCCc3ccccc3)nc(-c3ccncc3)nc2c1Br. The average Bonchev–Trinajstić information content (AvgIpc) is 3.01. The molecule has 0 aliphatic carbocycles. The van der Waals surface area contributed by atoms with Crippen LogP contribution in [-0.2, 0) is 6.42 Å². The number of aromatic nitrogens is 3. The molecule has 0 fully saturated rings. The first kappa shape index (κ1) is 18.1. The molecule has 0 spiro atoms. The van der Waals surface area contributed by atoms with Crippen LogP contribution in [0.15, 0.2) is 59.3 Å². The molecule has 0 saturated carbocycles. The number of nitrogens with zero attached hydrogens (tertiary/aromatic N) is 3. The lowest BCUT2D eigenvalue weighted by atomic mass is 10.1. The number of thiophene rings is 1. The lowest BCUT2D eigenvalue weighted by Gasteiger charge is -2.09. The number of fused-ring (bicyclic) bond motifs is 1. The monoisotopic (exact) mass is 438 g/mol. The molecule has 4 aromatic rings. The molecule has 0 amide bonds. The molecule has 1 N–H and O–H groups in total. The van der Waals surface area contributed by atoms with Gasteiger partial charge in [0.1, 0.15) is 11.3 Å². The van der Waals surface area contributed by atoms with Gasteiger partial charge in [-0.15, -0.1) is 11.3 Å². The highest BCUT2D eigenvalue weighted by molar-refractivity contribution is 9.10. The molecule has 0 aliphatic heterocycles. The van der Waals surface area contributed by atoms with Crippen molar-refractivity contribution in [3.8, 4) is 11.4 Å². The lowest BCUT2D eigenvalue weighted by molar-refractivity contribution is 0.860. The van der Waals surface area contributed by atoms with Gasteiger partial charge < -0.3 is 5.32 Å². The third kappa shape index (κ3) is 4.01. The molecular formula is C21H19BrN4S. The summed E-state index contributed by atoms with van der Waals surface area (Å²) >= 11 is 5.40. The number of halogens is 1. The normalized spacial score (nSPS) is 11.0. The first-order valence-corrected chi connectivity index (χ1v) is 10.5.